The van der Waals surface area contributed by atoms with E-state index in [-0.39, 0.29) is 0 Å². The van der Waals surface area contributed by atoms with Crippen molar-refractivity contribution in [2.75, 3.05) is 0 Å². The van der Waals surface area contributed by atoms with Crippen molar-refractivity contribution in [2.24, 2.45) is 17.8 Å². The summed E-state index contributed by atoms with van der Waals surface area (Å²) in [5, 5.41) is 0. The second-order valence-corrected chi connectivity index (χ2v) is 11.2. The summed E-state index contributed by atoms with van der Waals surface area (Å²) in [7, 11) is 0. The first-order valence-corrected chi connectivity index (χ1v) is 14.3. The van der Waals surface area contributed by atoms with Gasteiger partial charge in [-0.3, -0.25) is 4.98 Å². The number of pyridine rings is 1. The van der Waals surface area contributed by atoms with E-state index in [0.29, 0.717) is 0 Å². The van der Waals surface area contributed by atoms with E-state index >= 15 is 0 Å². The molecule has 2 fully saturated rings. The highest BCUT2D eigenvalue weighted by Gasteiger charge is 2.22. The maximum Gasteiger partial charge on any atom is 0.0702 e. The zero-order chi connectivity index (χ0) is 22.9. The third kappa shape index (κ3) is 7.17. The molecule has 1 heteroatoms. The first kappa shape index (κ1) is 24.5. The number of nitrogens with zero attached hydrogens (tertiary/aromatic N) is 1. The van der Waals surface area contributed by atoms with Crippen molar-refractivity contribution in [3.05, 3.63) is 53.7 Å². The number of aryl methyl sites for hydroxylation is 1. The van der Waals surface area contributed by atoms with Crippen molar-refractivity contribution in [1.29, 1.82) is 0 Å². The molecular weight excluding hydrogens is 398 g/mol. The number of aromatic nitrogens is 1. The molecule has 180 valence electrons. The van der Waals surface area contributed by atoms with Crippen LogP contribution in [0.3, 0.4) is 0 Å². The average molecular weight is 446 g/mol. The minimum Gasteiger partial charge on any atom is -0.256 e. The molecule has 0 bridgehead atoms. The third-order valence-corrected chi connectivity index (χ3v) is 8.82. The molecule has 0 N–H and O–H groups in total. The Kier molecular flexibility index (Phi) is 9.45. The summed E-state index contributed by atoms with van der Waals surface area (Å²) in [6.07, 6.45) is 23.1. The van der Waals surface area contributed by atoms with E-state index in [1.807, 2.05) is 0 Å². The Balaban J connectivity index is 1.24. The Bertz CT molecular complexity index is 789. The molecule has 33 heavy (non-hydrogen) atoms. The van der Waals surface area contributed by atoms with Crippen LogP contribution in [0.1, 0.15) is 121 Å². The monoisotopic (exact) mass is 445 g/mol. The molecule has 2 aromatic rings. The second-order valence-electron chi connectivity index (χ2n) is 11.2. The van der Waals surface area contributed by atoms with Crippen LogP contribution >= 0.6 is 0 Å². The van der Waals surface area contributed by atoms with Crippen LogP contribution in [0.15, 0.2) is 42.6 Å². The summed E-state index contributed by atoms with van der Waals surface area (Å²) in [6, 6.07) is 13.9. The van der Waals surface area contributed by atoms with Crippen molar-refractivity contribution in [3.8, 4) is 11.3 Å². The molecule has 0 aliphatic heterocycles. The molecule has 0 unspecified atom stereocenters. The molecule has 1 nitrogen and oxygen atoms in total. The van der Waals surface area contributed by atoms with Crippen LogP contribution in [0.25, 0.3) is 11.3 Å². The number of unbranched alkanes of at least 4 members (excludes halogenated alkanes) is 1. The lowest BCUT2D eigenvalue weighted by molar-refractivity contribution is 0.252. The topological polar surface area (TPSA) is 12.9 Å². The fourth-order valence-corrected chi connectivity index (χ4v) is 6.52. The van der Waals surface area contributed by atoms with Crippen LogP contribution in [0.4, 0.5) is 0 Å². The van der Waals surface area contributed by atoms with Crippen LogP contribution < -0.4 is 0 Å². The van der Waals surface area contributed by atoms with Crippen molar-refractivity contribution in [3.63, 3.8) is 0 Å². The predicted molar refractivity (Wildman–Crippen MR) is 143 cm³/mol. The van der Waals surface area contributed by atoms with Crippen LogP contribution in [0.5, 0.6) is 0 Å². The van der Waals surface area contributed by atoms with E-state index in [4.69, 9.17) is 4.98 Å². The van der Waals surface area contributed by atoms with Crippen LogP contribution in [0, 0.1) is 17.8 Å². The quantitative estimate of drug-likeness (QED) is 0.354. The number of hydrogen-bond acceptors (Lipinski definition) is 1. The van der Waals surface area contributed by atoms with Crippen molar-refractivity contribution in [2.45, 2.75) is 116 Å². The SMILES string of the molecule is CCCCC1CCC(c2ccc(-c3ccc(CCC4CCC(CCC)CC4)cc3)nc2)CC1. The van der Waals surface area contributed by atoms with E-state index in [2.05, 4.69) is 56.4 Å². The Hall–Kier alpha value is -1.63. The van der Waals surface area contributed by atoms with Gasteiger partial charge in [0.25, 0.3) is 0 Å². The minimum absolute atomic E-state index is 0.726. The van der Waals surface area contributed by atoms with Gasteiger partial charge in [-0.1, -0.05) is 102 Å². The van der Waals surface area contributed by atoms with E-state index in [9.17, 15) is 0 Å². The number of hydrogen-bond donors (Lipinski definition) is 0. The predicted octanol–water partition coefficient (Wildman–Crippen LogP) is 9.75. The Morgan fingerprint density at radius 3 is 1.91 bits per heavy atom. The van der Waals surface area contributed by atoms with E-state index < -0.39 is 0 Å². The maximum atomic E-state index is 4.86. The summed E-state index contributed by atoms with van der Waals surface area (Å²) in [5.41, 5.74) is 5.33. The fourth-order valence-electron chi connectivity index (χ4n) is 6.52. The molecule has 0 spiro atoms. The summed E-state index contributed by atoms with van der Waals surface area (Å²) in [6.45, 7) is 4.64. The molecular formula is C32H47N. The van der Waals surface area contributed by atoms with E-state index in [0.717, 1.165) is 29.4 Å². The van der Waals surface area contributed by atoms with Gasteiger partial charge in [-0.05, 0) is 79.4 Å². The standard InChI is InChI=1S/C32H47N/c1-3-5-7-26-14-18-29(19-15-26)31-22-23-32(33-24-31)30-20-16-28(17-21-30)13-12-27-10-8-25(6-4-2)9-11-27/h16-17,20-27,29H,3-15,18-19H2,1-2H3. The van der Waals surface area contributed by atoms with Crippen molar-refractivity contribution < 1.29 is 0 Å². The van der Waals surface area contributed by atoms with Gasteiger partial charge in [0.15, 0.2) is 0 Å². The Labute approximate surface area is 203 Å². The summed E-state index contributed by atoms with van der Waals surface area (Å²) in [4.78, 5) is 4.86. The average Bonchev–Trinajstić information content (AvgIpc) is 2.88. The fraction of sp³-hybridized carbons (Fsp3) is 0.656. The van der Waals surface area contributed by atoms with Gasteiger partial charge in [0.05, 0.1) is 5.69 Å². The van der Waals surface area contributed by atoms with Crippen molar-refractivity contribution in [1.82, 2.24) is 4.98 Å². The molecule has 4 rings (SSSR count). The van der Waals surface area contributed by atoms with Crippen LogP contribution in [0.2, 0.25) is 0 Å². The van der Waals surface area contributed by atoms with Gasteiger partial charge in [-0.25, -0.2) is 0 Å². The molecule has 0 saturated heterocycles. The smallest absolute Gasteiger partial charge is 0.0702 e. The highest BCUT2D eigenvalue weighted by atomic mass is 14.7. The van der Waals surface area contributed by atoms with Gasteiger partial charge in [0.1, 0.15) is 0 Å². The van der Waals surface area contributed by atoms with Gasteiger partial charge in [-0.15, -0.1) is 0 Å². The normalized spacial score (nSPS) is 25.8. The number of rotatable bonds is 10. The molecule has 1 aromatic carbocycles. The highest BCUT2D eigenvalue weighted by molar-refractivity contribution is 5.59. The summed E-state index contributed by atoms with van der Waals surface area (Å²) >= 11 is 0. The zero-order valence-corrected chi connectivity index (χ0v) is 21.4. The first-order chi connectivity index (χ1) is 16.2. The van der Waals surface area contributed by atoms with Gasteiger partial charge in [0.2, 0.25) is 0 Å². The first-order valence-electron chi connectivity index (χ1n) is 14.3. The maximum absolute atomic E-state index is 4.86. The Morgan fingerprint density at radius 1 is 0.667 bits per heavy atom. The molecule has 2 aliphatic carbocycles. The lowest BCUT2D eigenvalue weighted by Crippen LogP contribution is -2.15. The van der Waals surface area contributed by atoms with Crippen LogP contribution in [-0.4, -0.2) is 4.98 Å². The molecule has 0 radical (unpaired) electrons. The van der Waals surface area contributed by atoms with Gasteiger partial charge in [-0.2, -0.15) is 0 Å². The molecule has 2 saturated carbocycles. The number of benzene rings is 1. The van der Waals surface area contributed by atoms with E-state index in [1.165, 1.54) is 113 Å². The second kappa shape index (κ2) is 12.7. The third-order valence-electron chi connectivity index (χ3n) is 8.82. The van der Waals surface area contributed by atoms with Gasteiger partial charge < -0.3 is 0 Å². The van der Waals surface area contributed by atoms with E-state index in [1.54, 1.807) is 0 Å². The molecule has 1 aromatic heterocycles. The van der Waals surface area contributed by atoms with Crippen molar-refractivity contribution >= 4 is 0 Å². The summed E-state index contributed by atoms with van der Waals surface area (Å²) in [5.74, 6) is 3.67. The zero-order valence-electron chi connectivity index (χ0n) is 21.4. The highest BCUT2D eigenvalue weighted by Crippen LogP contribution is 2.38. The Morgan fingerprint density at radius 2 is 1.30 bits per heavy atom. The van der Waals surface area contributed by atoms with Crippen LogP contribution in [-0.2, 0) is 6.42 Å². The molecule has 1 heterocycles. The molecule has 0 atom stereocenters. The minimum atomic E-state index is 0.726. The van der Waals surface area contributed by atoms with Gasteiger partial charge >= 0.3 is 0 Å². The summed E-state index contributed by atoms with van der Waals surface area (Å²) < 4.78 is 0. The largest absolute Gasteiger partial charge is 0.256 e. The van der Waals surface area contributed by atoms with Gasteiger partial charge in [0, 0.05) is 11.8 Å². The molecule has 2 aliphatic rings. The lowest BCUT2D eigenvalue weighted by atomic mass is 9.77. The lowest BCUT2D eigenvalue weighted by Gasteiger charge is -2.28. The molecule has 0 amide bonds.